The maximum Gasteiger partial charge on any atom is 0.410 e. The van der Waals surface area contributed by atoms with Gasteiger partial charge in [-0.05, 0) is 69.9 Å². The zero-order chi connectivity index (χ0) is 26.0. The first-order chi connectivity index (χ1) is 17.0. The van der Waals surface area contributed by atoms with E-state index in [0.717, 1.165) is 17.3 Å². The van der Waals surface area contributed by atoms with E-state index in [1.807, 2.05) is 20.8 Å². The number of halogens is 3. The van der Waals surface area contributed by atoms with Gasteiger partial charge in [0, 0.05) is 24.1 Å². The number of benzene rings is 2. The van der Waals surface area contributed by atoms with Crippen LogP contribution in [0.4, 0.5) is 13.6 Å². The Kier molecular flexibility index (Phi) is 7.63. The molecule has 1 aliphatic rings. The molecule has 0 aliphatic carbocycles. The Morgan fingerprint density at radius 2 is 1.97 bits per heavy atom. The number of carbonyl (C=O) groups excluding carboxylic acids is 1. The zero-order valence-corrected chi connectivity index (χ0v) is 21.9. The first-order valence-corrected chi connectivity index (χ1v) is 12.5. The average Bonchev–Trinajstić information content (AvgIpc) is 2.80. The third-order valence-corrected chi connectivity index (χ3v) is 6.36. The fourth-order valence-corrected chi connectivity index (χ4v) is 4.74. The molecule has 3 aromatic rings. The van der Waals surface area contributed by atoms with Crippen LogP contribution in [0.25, 0.3) is 22.3 Å². The van der Waals surface area contributed by atoms with Gasteiger partial charge in [-0.3, -0.25) is 9.36 Å². The van der Waals surface area contributed by atoms with Crippen molar-refractivity contribution in [3.05, 3.63) is 57.3 Å². The van der Waals surface area contributed by atoms with Crippen molar-refractivity contribution >= 4 is 32.9 Å². The molecular weight excluding hydrogens is 536 g/mol. The predicted molar refractivity (Wildman–Crippen MR) is 136 cm³/mol. The normalized spacial score (nSPS) is 16.4. The Morgan fingerprint density at radius 1 is 1.22 bits per heavy atom. The van der Waals surface area contributed by atoms with Gasteiger partial charge >= 0.3 is 12.7 Å². The molecule has 1 aromatic heterocycles. The Balaban J connectivity index is 1.76. The summed E-state index contributed by atoms with van der Waals surface area (Å²) in [6.45, 7) is 3.66. The van der Waals surface area contributed by atoms with Gasteiger partial charge in [-0.1, -0.05) is 28.1 Å². The molecular formula is C26H28BrF2N3O4. The summed E-state index contributed by atoms with van der Waals surface area (Å²) in [5.41, 5.74) is -0.171. The highest BCUT2D eigenvalue weighted by Crippen LogP contribution is 2.31. The molecule has 0 radical (unpaired) electrons. The highest BCUT2D eigenvalue weighted by Gasteiger charge is 2.29. The lowest BCUT2D eigenvalue weighted by molar-refractivity contribution is -0.0494. The topological polar surface area (TPSA) is 73.7 Å². The molecule has 1 amide bonds. The first-order valence-electron chi connectivity index (χ1n) is 11.7. The van der Waals surface area contributed by atoms with Crippen LogP contribution >= 0.6 is 15.9 Å². The number of hydrogen-bond donors (Lipinski definition) is 0. The summed E-state index contributed by atoms with van der Waals surface area (Å²) < 4.78 is 38.8. The van der Waals surface area contributed by atoms with Crippen molar-refractivity contribution < 1.29 is 23.0 Å². The molecule has 1 atom stereocenters. The molecule has 4 rings (SSSR count). The number of amides is 1. The van der Waals surface area contributed by atoms with E-state index in [-0.39, 0.29) is 29.6 Å². The van der Waals surface area contributed by atoms with Crippen LogP contribution in [-0.4, -0.2) is 45.8 Å². The third kappa shape index (κ3) is 6.03. The van der Waals surface area contributed by atoms with Crippen LogP contribution in [-0.2, 0) is 11.3 Å². The number of rotatable bonds is 5. The molecule has 1 fully saturated rings. The number of carbonyl (C=O) groups is 1. The number of para-hydroxylation sites is 1. The van der Waals surface area contributed by atoms with E-state index in [2.05, 4.69) is 15.9 Å². The van der Waals surface area contributed by atoms with Gasteiger partial charge in [-0.15, -0.1) is 0 Å². The largest absolute Gasteiger partial charge is 0.444 e. The highest BCUT2D eigenvalue weighted by molar-refractivity contribution is 9.10. The molecule has 1 aliphatic heterocycles. The minimum absolute atomic E-state index is 0.0581. The standard InChI is InChI=1S/C26H28BrF2N3O4/c1-26(2,3)36-25(34)31-12-6-7-16(14-31)15-32-22(18-8-4-5-9-21(18)35-24(28)29)30-20-11-10-17(27)13-19(20)23(32)33/h4-5,8-11,13,16,24H,6-7,12,14-15H2,1-3H3. The number of hydrogen-bond acceptors (Lipinski definition) is 5. The molecule has 2 heterocycles. The quantitative estimate of drug-likeness (QED) is 0.376. The second-order valence-corrected chi connectivity index (χ2v) is 10.7. The van der Waals surface area contributed by atoms with E-state index in [1.54, 1.807) is 41.3 Å². The van der Waals surface area contributed by atoms with Crippen molar-refractivity contribution in [1.29, 1.82) is 0 Å². The molecule has 10 heteroatoms. The molecule has 1 unspecified atom stereocenters. The molecule has 36 heavy (non-hydrogen) atoms. The van der Waals surface area contributed by atoms with Crippen LogP contribution in [0.3, 0.4) is 0 Å². The molecule has 0 bridgehead atoms. The number of ether oxygens (including phenoxy) is 2. The third-order valence-electron chi connectivity index (χ3n) is 5.87. The molecule has 2 aromatic carbocycles. The highest BCUT2D eigenvalue weighted by atomic mass is 79.9. The first kappa shape index (κ1) is 26.1. The van der Waals surface area contributed by atoms with Crippen molar-refractivity contribution in [2.45, 2.75) is 52.4 Å². The number of piperidine rings is 1. The second kappa shape index (κ2) is 10.5. The van der Waals surface area contributed by atoms with Gasteiger partial charge in [-0.25, -0.2) is 9.78 Å². The molecule has 1 saturated heterocycles. The van der Waals surface area contributed by atoms with Crippen LogP contribution in [0.2, 0.25) is 0 Å². The Bertz CT molecular complexity index is 1320. The SMILES string of the molecule is CC(C)(C)OC(=O)N1CCCC(Cn2c(-c3ccccc3OC(F)F)nc3ccc(Br)cc3c2=O)C1. The van der Waals surface area contributed by atoms with Gasteiger partial charge in [-0.2, -0.15) is 8.78 Å². The van der Waals surface area contributed by atoms with Crippen molar-refractivity contribution in [2.24, 2.45) is 5.92 Å². The van der Waals surface area contributed by atoms with E-state index in [9.17, 15) is 18.4 Å². The number of alkyl halides is 2. The van der Waals surface area contributed by atoms with Crippen molar-refractivity contribution in [1.82, 2.24) is 14.5 Å². The maximum atomic E-state index is 13.7. The summed E-state index contributed by atoms with van der Waals surface area (Å²) >= 11 is 3.40. The van der Waals surface area contributed by atoms with E-state index in [1.165, 1.54) is 10.6 Å². The maximum absolute atomic E-state index is 13.7. The van der Waals surface area contributed by atoms with Crippen molar-refractivity contribution in [3.8, 4) is 17.1 Å². The average molecular weight is 564 g/mol. The summed E-state index contributed by atoms with van der Waals surface area (Å²) in [7, 11) is 0. The zero-order valence-electron chi connectivity index (χ0n) is 20.3. The van der Waals surface area contributed by atoms with E-state index >= 15 is 0 Å². The van der Waals surface area contributed by atoms with Gasteiger partial charge < -0.3 is 14.4 Å². The smallest absolute Gasteiger partial charge is 0.410 e. The van der Waals surface area contributed by atoms with Crippen LogP contribution in [0.15, 0.2) is 51.7 Å². The molecule has 0 N–H and O–H groups in total. The van der Waals surface area contributed by atoms with E-state index < -0.39 is 18.3 Å². The van der Waals surface area contributed by atoms with E-state index in [4.69, 9.17) is 14.5 Å². The Labute approximate surface area is 216 Å². The fourth-order valence-electron chi connectivity index (χ4n) is 4.38. The number of likely N-dealkylation sites (tertiary alicyclic amines) is 1. The van der Waals surface area contributed by atoms with Crippen LogP contribution in [0.5, 0.6) is 5.75 Å². The fraction of sp³-hybridized carbons (Fsp3) is 0.423. The van der Waals surface area contributed by atoms with E-state index in [0.29, 0.717) is 29.6 Å². The molecule has 7 nitrogen and oxygen atoms in total. The summed E-state index contributed by atoms with van der Waals surface area (Å²) in [4.78, 5) is 32.7. The van der Waals surface area contributed by atoms with Crippen molar-refractivity contribution in [2.75, 3.05) is 13.1 Å². The minimum atomic E-state index is -3.02. The van der Waals surface area contributed by atoms with Crippen LogP contribution in [0, 0.1) is 5.92 Å². The lowest BCUT2D eigenvalue weighted by Gasteiger charge is -2.34. The monoisotopic (exact) mass is 563 g/mol. The predicted octanol–water partition coefficient (Wildman–Crippen LogP) is 6.07. The number of nitrogens with zero attached hydrogens (tertiary/aromatic N) is 3. The lowest BCUT2D eigenvalue weighted by atomic mass is 9.98. The summed E-state index contributed by atoms with van der Waals surface area (Å²) in [6.07, 6.45) is 1.15. The van der Waals surface area contributed by atoms with Gasteiger partial charge in [0.15, 0.2) is 0 Å². The molecule has 0 saturated carbocycles. The van der Waals surface area contributed by atoms with Gasteiger partial charge in [0.05, 0.1) is 16.5 Å². The Morgan fingerprint density at radius 3 is 2.69 bits per heavy atom. The Hall–Kier alpha value is -3.01. The number of fused-ring (bicyclic) bond motifs is 1. The van der Waals surface area contributed by atoms with Gasteiger partial charge in [0.2, 0.25) is 0 Å². The van der Waals surface area contributed by atoms with Crippen molar-refractivity contribution in [3.63, 3.8) is 0 Å². The second-order valence-electron chi connectivity index (χ2n) is 9.82. The summed E-state index contributed by atoms with van der Waals surface area (Å²) in [5, 5.41) is 0.403. The lowest BCUT2D eigenvalue weighted by Crippen LogP contribution is -2.44. The van der Waals surface area contributed by atoms with Crippen LogP contribution < -0.4 is 10.3 Å². The minimum Gasteiger partial charge on any atom is -0.444 e. The van der Waals surface area contributed by atoms with Gasteiger partial charge in [0.1, 0.15) is 17.2 Å². The number of aromatic nitrogens is 2. The summed E-state index contributed by atoms with van der Waals surface area (Å²) in [5.74, 6) is 0.112. The molecule has 192 valence electrons. The van der Waals surface area contributed by atoms with Gasteiger partial charge in [0.25, 0.3) is 5.56 Å². The van der Waals surface area contributed by atoms with Crippen LogP contribution in [0.1, 0.15) is 33.6 Å². The summed E-state index contributed by atoms with van der Waals surface area (Å²) in [6, 6.07) is 11.5. The molecule has 0 spiro atoms.